The molecule has 0 bridgehead atoms. The normalized spacial score (nSPS) is 26.7. The van der Waals surface area contributed by atoms with Gasteiger partial charge in [-0.3, -0.25) is 4.90 Å². The number of hydrogen-bond donors (Lipinski definition) is 1. The second-order valence-corrected chi connectivity index (χ2v) is 5.79. The minimum atomic E-state index is 0.230. The van der Waals surface area contributed by atoms with Crippen LogP contribution in [0.3, 0.4) is 0 Å². The van der Waals surface area contributed by atoms with Gasteiger partial charge in [0.1, 0.15) is 0 Å². The molecule has 3 nitrogen and oxygen atoms in total. The molecule has 1 aliphatic rings. The van der Waals surface area contributed by atoms with Gasteiger partial charge < -0.3 is 5.73 Å². The summed E-state index contributed by atoms with van der Waals surface area (Å²) >= 11 is 1.67. The smallest absolute Gasteiger partial charge is 0.0795 e. The molecule has 0 saturated carbocycles. The third-order valence-corrected chi connectivity index (χ3v) is 3.90. The summed E-state index contributed by atoms with van der Waals surface area (Å²) in [7, 11) is 0. The number of nitrogens with two attached hydrogens (primary N) is 1. The molecular weight excluding hydrogens is 206 g/mol. The van der Waals surface area contributed by atoms with Crippen molar-refractivity contribution in [1.82, 2.24) is 9.88 Å². The van der Waals surface area contributed by atoms with Crippen LogP contribution < -0.4 is 5.73 Å². The Morgan fingerprint density at radius 2 is 2.47 bits per heavy atom. The van der Waals surface area contributed by atoms with Gasteiger partial charge in [-0.25, -0.2) is 4.98 Å². The highest BCUT2D eigenvalue weighted by atomic mass is 32.1. The van der Waals surface area contributed by atoms with Gasteiger partial charge in [0, 0.05) is 31.1 Å². The maximum atomic E-state index is 6.11. The molecule has 0 radical (unpaired) electrons. The summed E-state index contributed by atoms with van der Waals surface area (Å²) in [4.78, 5) is 6.78. The molecule has 1 unspecified atom stereocenters. The second-order valence-electron chi connectivity index (χ2n) is 5.07. The molecule has 1 aliphatic heterocycles. The van der Waals surface area contributed by atoms with Crippen LogP contribution in [0.15, 0.2) is 10.9 Å². The lowest BCUT2D eigenvalue weighted by atomic mass is 9.80. The van der Waals surface area contributed by atoms with Crippen molar-refractivity contribution < 1.29 is 0 Å². The number of thiazole rings is 1. The van der Waals surface area contributed by atoms with E-state index in [1.807, 2.05) is 5.51 Å². The molecule has 1 fully saturated rings. The molecule has 0 aromatic carbocycles. The third kappa shape index (κ3) is 2.56. The molecule has 2 N–H and O–H groups in total. The first-order valence-electron chi connectivity index (χ1n) is 5.43. The first-order chi connectivity index (χ1) is 7.08. The van der Waals surface area contributed by atoms with Crippen molar-refractivity contribution >= 4 is 11.3 Å². The van der Waals surface area contributed by atoms with Crippen molar-refractivity contribution in [3.63, 3.8) is 0 Å². The van der Waals surface area contributed by atoms with E-state index in [2.05, 4.69) is 29.1 Å². The molecule has 1 aromatic rings. The Balaban J connectivity index is 1.95. The zero-order valence-electron chi connectivity index (χ0n) is 9.44. The van der Waals surface area contributed by atoms with Gasteiger partial charge >= 0.3 is 0 Å². The van der Waals surface area contributed by atoms with Crippen LogP contribution in [0.5, 0.6) is 0 Å². The summed E-state index contributed by atoms with van der Waals surface area (Å²) in [6, 6.07) is 0.337. The van der Waals surface area contributed by atoms with E-state index >= 15 is 0 Å². The van der Waals surface area contributed by atoms with E-state index in [0.717, 1.165) is 26.1 Å². The van der Waals surface area contributed by atoms with Gasteiger partial charge in [0.15, 0.2) is 0 Å². The van der Waals surface area contributed by atoms with E-state index in [-0.39, 0.29) is 5.41 Å². The van der Waals surface area contributed by atoms with Crippen molar-refractivity contribution in [2.45, 2.75) is 32.9 Å². The molecule has 1 aromatic heterocycles. The number of aromatic nitrogens is 1. The Kier molecular flexibility index (Phi) is 3.09. The van der Waals surface area contributed by atoms with E-state index < -0.39 is 0 Å². The summed E-state index contributed by atoms with van der Waals surface area (Å²) in [6.45, 7) is 7.66. The summed E-state index contributed by atoms with van der Waals surface area (Å²) in [6.07, 6.45) is 1.09. The highest BCUT2D eigenvalue weighted by Gasteiger charge is 2.33. The molecule has 2 heterocycles. The number of hydrogen-bond acceptors (Lipinski definition) is 4. The lowest BCUT2D eigenvalue weighted by Gasteiger charge is -2.42. The standard InChI is InChI=1S/C11H19N3S/c1-11(2)7-14(4-3-10(11)12)5-9-6-15-8-13-9/h6,8,10H,3-5,7,12H2,1-2H3. The Morgan fingerprint density at radius 3 is 3.07 bits per heavy atom. The fourth-order valence-corrected chi connectivity index (χ4v) is 2.71. The van der Waals surface area contributed by atoms with E-state index in [1.54, 1.807) is 11.3 Å². The lowest BCUT2D eigenvalue weighted by molar-refractivity contribution is 0.0890. The lowest BCUT2D eigenvalue weighted by Crippen LogP contribution is -2.52. The summed E-state index contributed by atoms with van der Waals surface area (Å²) in [5, 5.41) is 2.13. The third-order valence-electron chi connectivity index (χ3n) is 3.26. The van der Waals surface area contributed by atoms with Crippen LogP contribution in [0.25, 0.3) is 0 Å². The Hall–Kier alpha value is -0.450. The summed E-state index contributed by atoms with van der Waals surface area (Å²) < 4.78 is 0. The molecule has 15 heavy (non-hydrogen) atoms. The van der Waals surface area contributed by atoms with Gasteiger partial charge in [-0.1, -0.05) is 13.8 Å². The fourth-order valence-electron chi connectivity index (χ4n) is 2.16. The van der Waals surface area contributed by atoms with Crippen molar-refractivity contribution in [3.8, 4) is 0 Å². The SMILES string of the molecule is CC1(C)CN(Cc2cscn2)CCC1N. The van der Waals surface area contributed by atoms with Crippen molar-refractivity contribution in [3.05, 3.63) is 16.6 Å². The number of piperidine rings is 1. The van der Waals surface area contributed by atoms with Crippen molar-refractivity contribution in [2.75, 3.05) is 13.1 Å². The van der Waals surface area contributed by atoms with E-state index in [9.17, 15) is 0 Å². The maximum absolute atomic E-state index is 6.11. The average molecular weight is 225 g/mol. The Morgan fingerprint density at radius 1 is 1.67 bits per heavy atom. The first kappa shape index (κ1) is 11.0. The largest absolute Gasteiger partial charge is 0.327 e. The molecular formula is C11H19N3S. The van der Waals surface area contributed by atoms with E-state index in [4.69, 9.17) is 5.73 Å². The number of nitrogens with zero attached hydrogens (tertiary/aromatic N) is 2. The van der Waals surface area contributed by atoms with Gasteiger partial charge in [-0.05, 0) is 11.8 Å². The molecule has 0 amide bonds. The van der Waals surface area contributed by atoms with Crippen molar-refractivity contribution in [1.29, 1.82) is 0 Å². The average Bonchev–Trinajstić information content (AvgIpc) is 2.63. The van der Waals surface area contributed by atoms with Crippen LogP contribution in [-0.2, 0) is 6.54 Å². The van der Waals surface area contributed by atoms with Crippen LogP contribution in [0.2, 0.25) is 0 Å². The first-order valence-corrected chi connectivity index (χ1v) is 6.37. The molecule has 84 valence electrons. The fraction of sp³-hybridized carbons (Fsp3) is 0.727. The molecule has 1 saturated heterocycles. The van der Waals surface area contributed by atoms with E-state index in [0.29, 0.717) is 6.04 Å². The number of rotatable bonds is 2. The monoisotopic (exact) mass is 225 g/mol. The zero-order valence-corrected chi connectivity index (χ0v) is 10.3. The highest BCUT2D eigenvalue weighted by Crippen LogP contribution is 2.28. The quantitative estimate of drug-likeness (QED) is 0.833. The highest BCUT2D eigenvalue weighted by molar-refractivity contribution is 7.07. The Labute approximate surface area is 95.3 Å². The van der Waals surface area contributed by atoms with Gasteiger partial charge in [0.2, 0.25) is 0 Å². The van der Waals surface area contributed by atoms with Gasteiger partial charge in [-0.15, -0.1) is 11.3 Å². The van der Waals surface area contributed by atoms with Crippen LogP contribution in [-0.4, -0.2) is 29.0 Å². The summed E-state index contributed by atoms with van der Waals surface area (Å²) in [5.41, 5.74) is 9.42. The van der Waals surface area contributed by atoms with E-state index in [1.165, 1.54) is 5.69 Å². The zero-order chi connectivity index (χ0) is 10.9. The maximum Gasteiger partial charge on any atom is 0.0795 e. The van der Waals surface area contributed by atoms with Gasteiger partial charge in [-0.2, -0.15) is 0 Å². The van der Waals surface area contributed by atoms with Gasteiger partial charge in [0.05, 0.1) is 11.2 Å². The van der Waals surface area contributed by atoms with Crippen LogP contribution >= 0.6 is 11.3 Å². The van der Waals surface area contributed by atoms with Gasteiger partial charge in [0.25, 0.3) is 0 Å². The molecule has 0 spiro atoms. The Bertz CT molecular complexity index is 308. The molecule has 4 heteroatoms. The number of likely N-dealkylation sites (tertiary alicyclic amines) is 1. The van der Waals surface area contributed by atoms with Crippen LogP contribution in [0, 0.1) is 5.41 Å². The summed E-state index contributed by atoms with van der Waals surface area (Å²) in [5.74, 6) is 0. The molecule has 1 atom stereocenters. The minimum absolute atomic E-state index is 0.230. The van der Waals surface area contributed by atoms with Crippen LogP contribution in [0.1, 0.15) is 26.0 Å². The predicted octanol–water partition coefficient (Wildman–Crippen LogP) is 1.70. The van der Waals surface area contributed by atoms with Crippen molar-refractivity contribution in [2.24, 2.45) is 11.1 Å². The predicted molar refractivity (Wildman–Crippen MR) is 63.8 cm³/mol. The minimum Gasteiger partial charge on any atom is -0.327 e. The molecule has 2 rings (SSSR count). The van der Waals surface area contributed by atoms with Crippen LogP contribution in [0.4, 0.5) is 0 Å². The topological polar surface area (TPSA) is 42.2 Å². The second kappa shape index (κ2) is 4.20. The molecule has 0 aliphatic carbocycles.